The first-order valence-electron chi connectivity index (χ1n) is 9.49. The van der Waals surface area contributed by atoms with Gasteiger partial charge in [-0.25, -0.2) is 4.98 Å². The zero-order valence-corrected chi connectivity index (χ0v) is 19.2. The Morgan fingerprint density at radius 3 is 2.52 bits per heavy atom. The average Bonchev–Trinajstić information content (AvgIpc) is 3.23. The zero-order chi connectivity index (χ0) is 20.2. The van der Waals surface area contributed by atoms with Gasteiger partial charge in [0.25, 0.3) is 5.91 Å². The lowest BCUT2D eigenvalue weighted by atomic mass is 10.2. The average molecular weight is 519 g/mol. The Balaban J connectivity index is 1.33. The molecule has 0 N–H and O–H groups in total. The number of rotatable bonds is 5. The van der Waals surface area contributed by atoms with E-state index in [4.69, 9.17) is 9.72 Å². The van der Waals surface area contributed by atoms with E-state index in [1.165, 1.54) is 0 Å². The SMILES string of the molecule is COc1ccc(-c2csc(CN3CCN(C(=O)c4ccccc4I)CC3)n2)cc1. The van der Waals surface area contributed by atoms with Crippen molar-refractivity contribution in [1.29, 1.82) is 0 Å². The standard InChI is InChI=1S/C22H22IN3O2S/c1-28-17-8-6-16(7-9-17)20-15-29-21(24-20)14-25-10-12-26(13-11-25)22(27)18-4-2-3-5-19(18)23/h2-9,15H,10-14H2,1H3. The Kier molecular flexibility index (Phi) is 6.46. The number of nitrogens with zero attached hydrogens (tertiary/aromatic N) is 3. The quantitative estimate of drug-likeness (QED) is 0.470. The number of carbonyl (C=O) groups is 1. The van der Waals surface area contributed by atoms with Crippen molar-refractivity contribution in [1.82, 2.24) is 14.8 Å². The van der Waals surface area contributed by atoms with Gasteiger partial charge in [-0.1, -0.05) is 12.1 Å². The van der Waals surface area contributed by atoms with Gasteiger partial charge in [-0.05, 0) is 59.0 Å². The van der Waals surface area contributed by atoms with E-state index in [0.717, 1.165) is 63.9 Å². The molecule has 0 radical (unpaired) electrons. The van der Waals surface area contributed by atoms with E-state index in [9.17, 15) is 4.79 Å². The number of hydrogen-bond acceptors (Lipinski definition) is 5. The fourth-order valence-electron chi connectivity index (χ4n) is 3.38. The second kappa shape index (κ2) is 9.23. The van der Waals surface area contributed by atoms with E-state index in [0.29, 0.717) is 0 Å². The van der Waals surface area contributed by atoms with Gasteiger partial charge in [0.05, 0.1) is 24.9 Å². The minimum absolute atomic E-state index is 0.130. The van der Waals surface area contributed by atoms with Crippen LogP contribution in [0.2, 0.25) is 0 Å². The van der Waals surface area contributed by atoms with Gasteiger partial charge < -0.3 is 9.64 Å². The Morgan fingerprint density at radius 1 is 1.10 bits per heavy atom. The van der Waals surface area contributed by atoms with Crippen molar-refractivity contribution in [2.24, 2.45) is 0 Å². The van der Waals surface area contributed by atoms with Gasteiger partial charge in [0.2, 0.25) is 0 Å². The fraction of sp³-hybridized carbons (Fsp3) is 0.273. The van der Waals surface area contributed by atoms with Crippen molar-refractivity contribution in [2.45, 2.75) is 6.54 Å². The van der Waals surface area contributed by atoms with E-state index in [1.54, 1.807) is 18.4 Å². The summed E-state index contributed by atoms with van der Waals surface area (Å²) in [4.78, 5) is 21.9. The highest BCUT2D eigenvalue weighted by molar-refractivity contribution is 14.1. The van der Waals surface area contributed by atoms with Crippen LogP contribution < -0.4 is 4.74 Å². The van der Waals surface area contributed by atoms with Crippen LogP contribution in [0.5, 0.6) is 5.75 Å². The summed E-state index contributed by atoms with van der Waals surface area (Å²) >= 11 is 3.92. The van der Waals surface area contributed by atoms with Crippen LogP contribution in [0.4, 0.5) is 0 Å². The van der Waals surface area contributed by atoms with Crippen LogP contribution in [0.25, 0.3) is 11.3 Å². The minimum atomic E-state index is 0.130. The largest absolute Gasteiger partial charge is 0.497 e. The Morgan fingerprint density at radius 2 is 1.83 bits per heavy atom. The van der Waals surface area contributed by atoms with E-state index in [1.807, 2.05) is 53.4 Å². The molecule has 4 rings (SSSR count). The highest BCUT2D eigenvalue weighted by Gasteiger charge is 2.23. The normalized spacial score (nSPS) is 14.8. The molecule has 5 nitrogen and oxygen atoms in total. The van der Waals surface area contributed by atoms with Crippen molar-refractivity contribution in [3.05, 3.63) is 68.1 Å². The summed E-state index contributed by atoms with van der Waals surface area (Å²) in [5.74, 6) is 0.979. The molecule has 1 amide bonds. The molecule has 3 aromatic rings. The molecule has 0 saturated carbocycles. The molecule has 1 aliphatic heterocycles. The fourth-order valence-corrected chi connectivity index (χ4v) is 4.85. The first kappa shape index (κ1) is 20.3. The van der Waals surface area contributed by atoms with E-state index in [-0.39, 0.29) is 5.91 Å². The lowest BCUT2D eigenvalue weighted by Crippen LogP contribution is -2.48. The van der Waals surface area contributed by atoms with Crippen LogP contribution in [0.15, 0.2) is 53.9 Å². The number of benzene rings is 2. The van der Waals surface area contributed by atoms with E-state index in [2.05, 4.69) is 32.9 Å². The number of thiazole rings is 1. The van der Waals surface area contributed by atoms with Gasteiger partial charge >= 0.3 is 0 Å². The van der Waals surface area contributed by atoms with Crippen molar-refractivity contribution < 1.29 is 9.53 Å². The monoisotopic (exact) mass is 519 g/mol. The summed E-state index contributed by atoms with van der Waals surface area (Å²) in [5.41, 5.74) is 2.90. The maximum atomic E-state index is 12.8. The Hall–Kier alpha value is -1.97. The number of aromatic nitrogens is 1. The lowest BCUT2D eigenvalue weighted by molar-refractivity contribution is 0.0627. The third kappa shape index (κ3) is 4.79. The van der Waals surface area contributed by atoms with Gasteiger partial charge in [0.15, 0.2) is 0 Å². The maximum Gasteiger partial charge on any atom is 0.255 e. The summed E-state index contributed by atoms with van der Waals surface area (Å²) < 4.78 is 6.22. The highest BCUT2D eigenvalue weighted by atomic mass is 127. The van der Waals surface area contributed by atoms with E-state index < -0.39 is 0 Å². The number of amides is 1. The predicted molar refractivity (Wildman–Crippen MR) is 124 cm³/mol. The summed E-state index contributed by atoms with van der Waals surface area (Å²) in [7, 11) is 1.67. The number of ether oxygens (including phenoxy) is 1. The Labute approximate surface area is 188 Å². The molecule has 1 saturated heterocycles. The smallest absolute Gasteiger partial charge is 0.255 e. The van der Waals surface area contributed by atoms with Crippen LogP contribution in [0.1, 0.15) is 15.4 Å². The first-order chi connectivity index (χ1) is 14.1. The molecule has 0 bridgehead atoms. The van der Waals surface area contributed by atoms with Gasteiger partial charge in [-0.15, -0.1) is 11.3 Å². The van der Waals surface area contributed by atoms with E-state index >= 15 is 0 Å². The summed E-state index contributed by atoms with van der Waals surface area (Å²) in [6.07, 6.45) is 0. The van der Waals surface area contributed by atoms with Crippen molar-refractivity contribution in [3.63, 3.8) is 0 Å². The third-order valence-corrected chi connectivity index (χ3v) is 6.83. The van der Waals surface area contributed by atoms with Gasteiger partial charge in [-0.2, -0.15) is 0 Å². The van der Waals surface area contributed by atoms with Gasteiger partial charge in [0.1, 0.15) is 10.8 Å². The summed E-state index contributed by atoms with van der Waals surface area (Å²) in [6, 6.07) is 15.8. The maximum absolute atomic E-state index is 12.8. The molecule has 0 spiro atoms. The molecule has 150 valence electrons. The molecule has 7 heteroatoms. The lowest BCUT2D eigenvalue weighted by Gasteiger charge is -2.34. The topological polar surface area (TPSA) is 45.7 Å². The van der Waals surface area contributed by atoms with Gasteiger partial charge in [-0.3, -0.25) is 9.69 Å². The molecular formula is C22H22IN3O2S. The number of halogens is 1. The molecule has 2 aromatic carbocycles. The molecule has 1 fully saturated rings. The zero-order valence-electron chi connectivity index (χ0n) is 16.2. The molecular weight excluding hydrogens is 497 g/mol. The summed E-state index contributed by atoms with van der Waals surface area (Å²) in [5, 5.41) is 3.21. The predicted octanol–water partition coefficient (Wildman–Crippen LogP) is 4.38. The van der Waals surface area contributed by atoms with Crippen LogP contribution in [0.3, 0.4) is 0 Å². The molecule has 2 heterocycles. The molecule has 0 unspecified atom stereocenters. The Bertz CT molecular complexity index is 982. The van der Waals surface area contributed by atoms with Crippen LogP contribution in [-0.2, 0) is 6.54 Å². The molecule has 0 atom stereocenters. The number of carbonyl (C=O) groups excluding carboxylic acids is 1. The van der Waals surface area contributed by atoms with Crippen LogP contribution >= 0.6 is 33.9 Å². The summed E-state index contributed by atoms with van der Waals surface area (Å²) in [6.45, 7) is 4.06. The second-order valence-corrected chi connectivity index (χ2v) is 9.01. The minimum Gasteiger partial charge on any atom is -0.497 e. The molecule has 1 aliphatic rings. The van der Waals surface area contributed by atoms with Crippen LogP contribution in [-0.4, -0.2) is 54.0 Å². The highest BCUT2D eigenvalue weighted by Crippen LogP contribution is 2.25. The van der Waals surface area contributed by atoms with Crippen molar-refractivity contribution in [2.75, 3.05) is 33.3 Å². The molecule has 29 heavy (non-hydrogen) atoms. The van der Waals surface area contributed by atoms with Crippen LogP contribution in [0, 0.1) is 3.57 Å². The second-order valence-electron chi connectivity index (χ2n) is 6.90. The molecule has 0 aliphatic carbocycles. The van der Waals surface area contributed by atoms with Gasteiger partial charge in [0, 0.05) is 40.7 Å². The number of methoxy groups -OCH3 is 1. The van der Waals surface area contributed by atoms with Crippen molar-refractivity contribution >= 4 is 39.8 Å². The number of hydrogen-bond donors (Lipinski definition) is 0. The molecule has 1 aromatic heterocycles. The first-order valence-corrected chi connectivity index (χ1v) is 11.4. The van der Waals surface area contributed by atoms with Crippen molar-refractivity contribution in [3.8, 4) is 17.0 Å². The third-order valence-electron chi connectivity index (χ3n) is 5.06. The number of piperazine rings is 1.